The second-order valence-corrected chi connectivity index (χ2v) is 5.49. The summed E-state index contributed by atoms with van der Waals surface area (Å²) in [5.41, 5.74) is 1.04. The van der Waals surface area contributed by atoms with Crippen molar-refractivity contribution < 1.29 is 4.39 Å². The fourth-order valence-corrected chi connectivity index (χ4v) is 2.99. The van der Waals surface area contributed by atoms with Crippen LogP contribution in [0.2, 0.25) is 0 Å². The average Bonchev–Trinajstić information content (AvgIpc) is 3.00. The highest BCUT2D eigenvalue weighted by Gasteiger charge is 2.18. The molecule has 1 aromatic carbocycles. The maximum Gasteiger partial charge on any atom is 0.168 e. The number of nitrogens with zero attached hydrogens (tertiary/aromatic N) is 5. The minimum Gasteiger partial charge on any atom is -0.356 e. The molecule has 0 spiro atoms. The Balaban J connectivity index is 1.85. The normalized spacial score (nSPS) is 15.4. The Morgan fingerprint density at radius 1 is 1.00 bits per heavy atom. The smallest absolute Gasteiger partial charge is 0.168 e. The van der Waals surface area contributed by atoms with Crippen molar-refractivity contribution in [3.8, 4) is 5.69 Å². The van der Waals surface area contributed by atoms with Crippen LogP contribution in [0, 0.1) is 5.82 Å². The highest BCUT2D eigenvalue weighted by Crippen LogP contribution is 2.27. The Morgan fingerprint density at radius 2 is 1.82 bits per heavy atom. The summed E-state index contributed by atoms with van der Waals surface area (Å²) in [6, 6.07) is 6.58. The number of aromatic nitrogens is 4. The Labute approximate surface area is 127 Å². The number of fused-ring (bicyclic) bond motifs is 1. The van der Waals surface area contributed by atoms with E-state index in [1.165, 1.54) is 31.7 Å². The van der Waals surface area contributed by atoms with Gasteiger partial charge in [0.15, 0.2) is 5.65 Å². The first kappa shape index (κ1) is 13.2. The highest BCUT2D eigenvalue weighted by molar-refractivity contribution is 5.87. The van der Waals surface area contributed by atoms with Crippen molar-refractivity contribution in [3.05, 3.63) is 42.6 Å². The zero-order valence-corrected chi connectivity index (χ0v) is 12.1. The van der Waals surface area contributed by atoms with Gasteiger partial charge in [-0.2, -0.15) is 5.10 Å². The molecule has 0 unspecified atom stereocenters. The topological polar surface area (TPSA) is 46.8 Å². The zero-order valence-electron chi connectivity index (χ0n) is 12.1. The van der Waals surface area contributed by atoms with Crippen LogP contribution in [0.25, 0.3) is 16.7 Å². The van der Waals surface area contributed by atoms with Gasteiger partial charge in [-0.15, -0.1) is 0 Å². The fourth-order valence-electron chi connectivity index (χ4n) is 2.99. The van der Waals surface area contributed by atoms with E-state index in [9.17, 15) is 4.39 Å². The fraction of sp³-hybridized carbons (Fsp3) is 0.312. The van der Waals surface area contributed by atoms with Gasteiger partial charge < -0.3 is 4.90 Å². The van der Waals surface area contributed by atoms with E-state index in [0.29, 0.717) is 11.3 Å². The van der Waals surface area contributed by atoms with Crippen molar-refractivity contribution in [2.24, 2.45) is 0 Å². The first-order valence-electron chi connectivity index (χ1n) is 7.53. The molecule has 1 aliphatic heterocycles. The lowest BCUT2D eigenvalue weighted by molar-refractivity contribution is 0.574. The lowest BCUT2D eigenvalue weighted by Gasteiger charge is -2.27. The van der Waals surface area contributed by atoms with Crippen LogP contribution < -0.4 is 4.90 Å². The van der Waals surface area contributed by atoms with Gasteiger partial charge in [0.2, 0.25) is 0 Å². The van der Waals surface area contributed by atoms with Gasteiger partial charge in [0.25, 0.3) is 0 Å². The van der Waals surface area contributed by atoms with Crippen LogP contribution in [0.3, 0.4) is 0 Å². The SMILES string of the molecule is Fc1ccccc1-n1ncc2c(N3CCCCC3)ncnc21. The number of para-hydroxylation sites is 1. The third-order valence-corrected chi connectivity index (χ3v) is 4.08. The van der Waals surface area contributed by atoms with Crippen molar-refractivity contribution in [3.63, 3.8) is 0 Å². The van der Waals surface area contributed by atoms with E-state index in [-0.39, 0.29) is 5.82 Å². The number of rotatable bonds is 2. The van der Waals surface area contributed by atoms with E-state index in [1.54, 1.807) is 29.1 Å². The second-order valence-electron chi connectivity index (χ2n) is 5.49. The lowest BCUT2D eigenvalue weighted by atomic mass is 10.1. The summed E-state index contributed by atoms with van der Waals surface area (Å²) in [7, 11) is 0. The predicted molar refractivity (Wildman–Crippen MR) is 82.7 cm³/mol. The van der Waals surface area contributed by atoms with Crippen LogP contribution in [0.4, 0.5) is 10.2 Å². The van der Waals surface area contributed by atoms with Crippen LogP contribution in [0.1, 0.15) is 19.3 Å². The van der Waals surface area contributed by atoms with Gasteiger partial charge in [-0.3, -0.25) is 0 Å². The van der Waals surface area contributed by atoms with Crippen molar-refractivity contribution in [2.45, 2.75) is 19.3 Å². The predicted octanol–water partition coefficient (Wildman–Crippen LogP) is 2.94. The summed E-state index contributed by atoms with van der Waals surface area (Å²) in [5, 5.41) is 5.20. The molecule has 22 heavy (non-hydrogen) atoms. The largest absolute Gasteiger partial charge is 0.356 e. The molecule has 1 saturated heterocycles. The number of anilines is 1. The molecule has 1 fully saturated rings. The van der Waals surface area contributed by atoms with Crippen molar-refractivity contribution in [1.29, 1.82) is 0 Å². The molecule has 6 heteroatoms. The molecule has 5 nitrogen and oxygen atoms in total. The Hall–Kier alpha value is -2.50. The molecule has 112 valence electrons. The monoisotopic (exact) mass is 297 g/mol. The summed E-state index contributed by atoms with van der Waals surface area (Å²) in [4.78, 5) is 11.0. The molecular weight excluding hydrogens is 281 g/mol. The molecule has 0 bridgehead atoms. The molecule has 0 aliphatic carbocycles. The summed E-state index contributed by atoms with van der Waals surface area (Å²) < 4.78 is 15.6. The third kappa shape index (κ3) is 2.11. The van der Waals surface area contributed by atoms with Crippen LogP contribution in [0.5, 0.6) is 0 Å². The number of piperidine rings is 1. The lowest BCUT2D eigenvalue weighted by Crippen LogP contribution is -2.30. The van der Waals surface area contributed by atoms with Gasteiger partial charge in [0.1, 0.15) is 23.6 Å². The minimum absolute atomic E-state index is 0.314. The molecule has 0 saturated carbocycles. The standard InChI is InChI=1S/C16H16FN5/c17-13-6-2-3-7-14(13)22-16-12(10-20-22)15(18-11-19-16)21-8-4-1-5-9-21/h2-3,6-7,10-11H,1,4-5,8-9H2. The molecule has 1 aliphatic rings. The summed E-state index contributed by atoms with van der Waals surface area (Å²) in [6.45, 7) is 1.99. The van der Waals surface area contributed by atoms with Crippen molar-refractivity contribution in [2.75, 3.05) is 18.0 Å². The van der Waals surface area contributed by atoms with Gasteiger partial charge in [-0.1, -0.05) is 12.1 Å². The molecular formula is C16H16FN5. The summed E-state index contributed by atoms with van der Waals surface area (Å²) in [5.74, 6) is 0.581. The van der Waals surface area contributed by atoms with E-state index in [1.807, 2.05) is 0 Å². The number of benzene rings is 1. The Kier molecular flexibility index (Phi) is 3.21. The zero-order chi connectivity index (χ0) is 14.9. The van der Waals surface area contributed by atoms with E-state index in [4.69, 9.17) is 0 Å². The number of halogens is 1. The molecule has 0 atom stereocenters. The van der Waals surface area contributed by atoms with Crippen molar-refractivity contribution in [1.82, 2.24) is 19.7 Å². The van der Waals surface area contributed by atoms with Gasteiger partial charge in [-0.25, -0.2) is 19.0 Å². The Morgan fingerprint density at radius 3 is 2.64 bits per heavy atom. The van der Waals surface area contributed by atoms with E-state index >= 15 is 0 Å². The molecule has 2 aromatic heterocycles. The summed E-state index contributed by atoms with van der Waals surface area (Å²) in [6.07, 6.45) is 6.87. The average molecular weight is 297 g/mol. The third-order valence-electron chi connectivity index (χ3n) is 4.08. The van der Waals surface area contributed by atoms with E-state index in [0.717, 1.165) is 24.3 Å². The van der Waals surface area contributed by atoms with Gasteiger partial charge in [0, 0.05) is 13.1 Å². The maximum absolute atomic E-state index is 14.0. The van der Waals surface area contributed by atoms with E-state index < -0.39 is 0 Å². The summed E-state index contributed by atoms with van der Waals surface area (Å²) >= 11 is 0. The molecule has 4 rings (SSSR count). The quantitative estimate of drug-likeness (QED) is 0.729. The molecule has 0 amide bonds. The van der Waals surface area contributed by atoms with E-state index in [2.05, 4.69) is 20.0 Å². The maximum atomic E-state index is 14.0. The van der Waals surface area contributed by atoms with Gasteiger partial charge in [-0.05, 0) is 31.4 Å². The van der Waals surface area contributed by atoms with Gasteiger partial charge in [0.05, 0.1) is 11.6 Å². The first-order valence-corrected chi connectivity index (χ1v) is 7.53. The molecule has 0 N–H and O–H groups in total. The van der Waals surface area contributed by atoms with Gasteiger partial charge >= 0.3 is 0 Å². The number of hydrogen-bond donors (Lipinski definition) is 0. The molecule has 3 heterocycles. The van der Waals surface area contributed by atoms with Crippen LogP contribution in [0.15, 0.2) is 36.8 Å². The van der Waals surface area contributed by atoms with Crippen LogP contribution in [-0.2, 0) is 0 Å². The highest BCUT2D eigenvalue weighted by atomic mass is 19.1. The second kappa shape index (κ2) is 5.36. The molecule has 3 aromatic rings. The molecule has 0 radical (unpaired) electrons. The first-order chi connectivity index (χ1) is 10.8. The van der Waals surface area contributed by atoms with Crippen molar-refractivity contribution >= 4 is 16.9 Å². The minimum atomic E-state index is -0.314. The number of hydrogen-bond acceptors (Lipinski definition) is 4. The van der Waals surface area contributed by atoms with Crippen LogP contribution >= 0.6 is 0 Å². The van der Waals surface area contributed by atoms with Crippen LogP contribution in [-0.4, -0.2) is 32.8 Å². The Bertz CT molecular complexity index is 807.